The van der Waals surface area contributed by atoms with Gasteiger partial charge in [0.15, 0.2) is 5.78 Å². The van der Waals surface area contributed by atoms with Crippen LogP contribution in [0.4, 0.5) is 0 Å². The quantitative estimate of drug-likeness (QED) is 0.804. The lowest BCUT2D eigenvalue weighted by molar-refractivity contribution is 0.0942. The van der Waals surface area contributed by atoms with Crippen molar-refractivity contribution in [3.63, 3.8) is 0 Å². The number of hydrogen-bond donors (Lipinski definition) is 1. The molecule has 1 aromatic carbocycles. The molecule has 0 saturated heterocycles. The smallest absolute Gasteiger partial charge is 0.179 e. The number of ketones is 1. The van der Waals surface area contributed by atoms with Crippen LogP contribution in [-0.2, 0) is 0 Å². The molecule has 0 aliphatic heterocycles. The minimum absolute atomic E-state index is 0.0932. The fraction of sp³-hybridized carbons (Fsp3) is 0.357. The number of furan rings is 1. The van der Waals surface area contributed by atoms with Crippen LogP contribution in [-0.4, -0.2) is 18.9 Å². The third-order valence-electron chi connectivity index (χ3n) is 2.98. The summed E-state index contributed by atoms with van der Waals surface area (Å²) in [5.74, 6) is 0.150. The van der Waals surface area contributed by atoms with Crippen LogP contribution in [0.25, 0.3) is 11.0 Å². The van der Waals surface area contributed by atoms with Crippen molar-refractivity contribution in [2.24, 2.45) is 0 Å². The number of Topliss-reactive ketones (excluding diaryl/α,β-unsaturated/α-hetero) is 1. The summed E-state index contributed by atoms with van der Waals surface area (Å²) in [6.45, 7) is 2.08. The molecular weight excluding hydrogens is 214 g/mol. The van der Waals surface area contributed by atoms with Crippen molar-refractivity contribution in [2.45, 2.75) is 25.8 Å². The molecular formula is C14H17NO2. The molecule has 1 N–H and O–H groups in total. The van der Waals surface area contributed by atoms with Crippen molar-refractivity contribution in [3.8, 4) is 0 Å². The average Bonchev–Trinajstić information content (AvgIpc) is 2.82. The standard InChI is InChI=1S/C14H17NO2/c1-3-4-12(15-2)14(16)11-5-6-13-10(9-11)7-8-17-13/h5-9,12,15H,3-4H2,1-2H3. The molecule has 0 aliphatic rings. The van der Waals surface area contributed by atoms with Crippen molar-refractivity contribution in [3.05, 3.63) is 36.1 Å². The maximum atomic E-state index is 12.2. The highest BCUT2D eigenvalue weighted by atomic mass is 16.3. The third kappa shape index (κ3) is 2.39. The topological polar surface area (TPSA) is 42.2 Å². The van der Waals surface area contributed by atoms with Gasteiger partial charge in [-0.15, -0.1) is 0 Å². The average molecular weight is 231 g/mol. The molecule has 1 heterocycles. The van der Waals surface area contributed by atoms with Crippen LogP contribution in [0.15, 0.2) is 34.9 Å². The Morgan fingerprint density at radius 1 is 1.41 bits per heavy atom. The molecule has 1 aromatic heterocycles. The lowest BCUT2D eigenvalue weighted by Gasteiger charge is -2.13. The van der Waals surface area contributed by atoms with E-state index in [1.807, 2.05) is 31.3 Å². The number of carbonyl (C=O) groups is 1. The van der Waals surface area contributed by atoms with Crippen LogP contribution in [0.3, 0.4) is 0 Å². The van der Waals surface area contributed by atoms with E-state index in [2.05, 4.69) is 12.2 Å². The fourth-order valence-corrected chi connectivity index (χ4v) is 2.02. The summed E-state index contributed by atoms with van der Waals surface area (Å²) in [5.41, 5.74) is 1.56. The lowest BCUT2D eigenvalue weighted by atomic mass is 10.00. The van der Waals surface area contributed by atoms with E-state index in [9.17, 15) is 4.79 Å². The molecule has 90 valence electrons. The van der Waals surface area contributed by atoms with Gasteiger partial charge in [-0.25, -0.2) is 0 Å². The van der Waals surface area contributed by atoms with Gasteiger partial charge >= 0.3 is 0 Å². The predicted octanol–water partition coefficient (Wildman–Crippen LogP) is 3.00. The summed E-state index contributed by atoms with van der Waals surface area (Å²) >= 11 is 0. The second-order valence-electron chi connectivity index (χ2n) is 4.17. The van der Waals surface area contributed by atoms with E-state index < -0.39 is 0 Å². The van der Waals surface area contributed by atoms with E-state index in [1.54, 1.807) is 6.26 Å². The highest BCUT2D eigenvalue weighted by molar-refractivity contribution is 6.02. The molecule has 0 spiro atoms. The first kappa shape index (κ1) is 11.9. The van der Waals surface area contributed by atoms with E-state index >= 15 is 0 Å². The minimum atomic E-state index is -0.0932. The molecule has 0 aliphatic carbocycles. The van der Waals surface area contributed by atoms with Crippen molar-refractivity contribution in [2.75, 3.05) is 7.05 Å². The van der Waals surface area contributed by atoms with Crippen molar-refractivity contribution < 1.29 is 9.21 Å². The zero-order valence-corrected chi connectivity index (χ0v) is 10.2. The lowest BCUT2D eigenvalue weighted by Crippen LogP contribution is -2.33. The van der Waals surface area contributed by atoms with Crippen LogP contribution in [0.5, 0.6) is 0 Å². The Kier molecular flexibility index (Phi) is 3.59. The number of rotatable bonds is 5. The zero-order chi connectivity index (χ0) is 12.3. The second-order valence-corrected chi connectivity index (χ2v) is 4.17. The monoisotopic (exact) mass is 231 g/mol. The fourth-order valence-electron chi connectivity index (χ4n) is 2.02. The SMILES string of the molecule is CCCC(NC)C(=O)c1ccc2occc2c1. The van der Waals surface area contributed by atoms with E-state index in [0.29, 0.717) is 0 Å². The van der Waals surface area contributed by atoms with Crippen LogP contribution < -0.4 is 5.32 Å². The van der Waals surface area contributed by atoms with Gasteiger partial charge in [-0.05, 0) is 37.7 Å². The van der Waals surface area contributed by atoms with Gasteiger partial charge in [-0.2, -0.15) is 0 Å². The highest BCUT2D eigenvalue weighted by Crippen LogP contribution is 2.18. The van der Waals surface area contributed by atoms with Crippen LogP contribution in [0.2, 0.25) is 0 Å². The summed E-state index contributed by atoms with van der Waals surface area (Å²) in [5, 5.41) is 4.04. The molecule has 0 bridgehead atoms. The van der Waals surface area contributed by atoms with Gasteiger partial charge in [0.1, 0.15) is 5.58 Å². The minimum Gasteiger partial charge on any atom is -0.464 e. The molecule has 3 nitrogen and oxygen atoms in total. The highest BCUT2D eigenvalue weighted by Gasteiger charge is 2.17. The largest absolute Gasteiger partial charge is 0.464 e. The van der Waals surface area contributed by atoms with Crippen LogP contribution >= 0.6 is 0 Å². The van der Waals surface area contributed by atoms with Gasteiger partial charge in [-0.1, -0.05) is 13.3 Å². The van der Waals surface area contributed by atoms with E-state index in [4.69, 9.17) is 4.42 Å². The Hall–Kier alpha value is -1.61. The summed E-state index contributed by atoms with van der Waals surface area (Å²) in [4.78, 5) is 12.2. The number of fused-ring (bicyclic) bond motifs is 1. The summed E-state index contributed by atoms with van der Waals surface area (Å²) in [6, 6.07) is 7.35. The molecule has 0 fully saturated rings. The number of nitrogens with one attached hydrogen (secondary N) is 1. The molecule has 1 atom stereocenters. The number of hydrogen-bond acceptors (Lipinski definition) is 3. The number of benzene rings is 1. The maximum Gasteiger partial charge on any atom is 0.179 e. The van der Waals surface area contributed by atoms with Crippen molar-refractivity contribution in [1.29, 1.82) is 0 Å². The zero-order valence-electron chi connectivity index (χ0n) is 10.2. The molecule has 1 unspecified atom stereocenters. The van der Waals surface area contributed by atoms with Crippen LogP contribution in [0.1, 0.15) is 30.1 Å². The Bertz CT molecular complexity index is 516. The van der Waals surface area contributed by atoms with Crippen molar-refractivity contribution in [1.82, 2.24) is 5.32 Å². The predicted molar refractivity (Wildman–Crippen MR) is 68.3 cm³/mol. The van der Waals surface area contributed by atoms with E-state index in [-0.39, 0.29) is 11.8 Å². The van der Waals surface area contributed by atoms with E-state index in [1.165, 1.54) is 0 Å². The molecule has 0 saturated carbocycles. The van der Waals surface area contributed by atoms with Gasteiger partial charge in [0.2, 0.25) is 0 Å². The second kappa shape index (κ2) is 5.15. The van der Waals surface area contributed by atoms with Gasteiger partial charge < -0.3 is 9.73 Å². The Morgan fingerprint density at radius 3 is 2.94 bits per heavy atom. The van der Waals surface area contributed by atoms with Gasteiger partial charge in [0.25, 0.3) is 0 Å². The van der Waals surface area contributed by atoms with E-state index in [0.717, 1.165) is 29.4 Å². The van der Waals surface area contributed by atoms with Gasteiger partial charge in [0, 0.05) is 10.9 Å². The molecule has 2 aromatic rings. The first-order valence-corrected chi connectivity index (χ1v) is 5.95. The Labute approximate surface area is 101 Å². The Balaban J connectivity index is 2.28. The maximum absolute atomic E-state index is 12.2. The molecule has 17 heavy (non-hydrogen) atoms. The molecule has 3 heteroatoms. The first-order chi connectivity index (χ1) is 8.26. The summed E-state index contributed by atoms with van der Waals surface area (Å²) in [7, 11) is 1.83. The Morgan fingerprint density at radius 2 is 2.24 bits per heavy atom. The third-order valence-corrected chi connectivity index (χ3v) is 2.98. The molecule has 0 radical (unpaired) electrons. The normalized spacial score (nSPS) is 12.8. The van der Waals surface area contributed by atoms with Gasteiger partial charge in [0.05, 0.1) is 12.3 Å². The molecule has 0 amide bonds. The molecule has 2 rings (SSSR count). The number of likely N-dealkylation sites (N-methyl/N-ethyl adjacent to an activating group) is 1. The van der Waals surface area contributed by atoms with Crippen molar-refractivity contribution >= 4 is 16.8 Å². The van der Waals surface area contributed by atoms with Crippen LogP contribution in [0, 0.1) is 0 Å². The summed E-state index contributed by atoms with van der Waals surface area (Å²) in [6.07, 6.45) is 3.49. The number of carbonyl (C=O) groups excluding carboxylic acids is 1. The van der Waals surface area contributed by atoms with Gasteiger partial charge in [-0.3, -0.25) is 4.79 Å². The summed E-state index contributed by atoms with van der Waals surface area (Å²) < 4.78 is 5.26. The first-order valence-electron chi connectivity index (χ1n) is 5.95.